The van der Waals surface area contributed by atoms with Crippen molar-refractivity contribution in [3.63, 3.8) is 0 Å². The van der Waals surface area contributed by atoms with Crippen LogP contribution < -0.4 is 5.63 Å². The molecule has 0 N–H and O–H groups in total. The Labute approximate surface area is 180 Å². The fourth-order valence-electron chi connectivity index (χ4n) is 3.56. The molecular formula is C22H16N2O8. The van der Waals surface area contributed by atoms with E-state index in [1.54, 1.807) is 12.1 Å². The molecule has 0 saturated carbocycles. The number of rotatable bonds is 6. The van der Waals surface area contributed by atoms with E-state index in [1.165, 1.54) is 18.2 Å². The van der Waals surface area contributed by atoms with Crippen LogP contribution in [0.1, 0.15) is 38.3 Å². The number of nitro groups is 1. The van der Waals surface area contributed by atoms with E-state index in [1.807, 2.05) is 13.0 Å². The van der Waals surface area contributed by atoms with E-state index in [0.29, 0.717) is 16.5 Å². The predicted molar refractivity (Wildman–Crippen MR) is 110 cm³/mol. The van der Waals surface area contributed by atoms with E-state index in [4.69, 9.17) is 9.15 Å². The molecule has 0 fully saturated rings. The fraction of sp³-hybridized carbons (Fsp3) is 0.182. The van der Waals surface area contributed by atoms with Crippen LogP contribution in [0.2, 0.25) is 0 Å². The first-order valence-corrected chi connectivity index (χ1v) is 9.59. The van der Waals surface area contributed by atoms with E-state index in [-0.39, 0.29) is 30.7 Å². The maximum absolute atomic E-state index is 12.5. The van der Waals surface area contributed by atoms with Crippen molar-refractivity contribution in [3.05, 3.63) is 85.3 Å². The van der Waals surface area contributed by atoms with Gasteiger partial charge in [0.05, 0.1) is 16.9 Å². The number of carbonyl (C=O) groups excluding carboxylic acids is 3. The fourth-order valence-corrected chi connectivity index (χ4v) is 3.56. The van der Waals surface area contributed by atoms with E-state index >= 15 is 0 Å². The van der Waals surface area contributed by atoms with Crippen LogP contribution >= 0.6 is 0 Å². The highest BCUT2D eigenvalue weighted by atomic mass is 16.6. The molecule has 0 spiro atoms. The third-order valence-electron chi connectivity index (χ3n) is 5.09. The zero-order chi connectivity index (χ0) is 23.0. The second kappa shape index (κ2) is 8.06. The van der Waals surface area contributed by atoms with E-state index in [0.717, 1.165) is 16.5 Å². The summed E-state index contributed by atoms with van der Waals surface area (Å²) in [6, 6.07) is 10.3. The van der Waals surface area contributed by atoms with E-state index < -0.39 is 34.0 Å². The highest BCUT2D eigenvalue weighted by Gasteiger charge is 2.40. The molecule has 32 heavy (non-hydrogen) atoms. The molecule has 0 unspecified atom stereocenters. The molecule has 0 atom stereocenters. The molecule has 2 aromatic carbocycles. The van der Waals surface area contributed by atoms with Crippen molar-refractivity contribution >= 4 is 34.4 Å². The highest BCUT2D eigenvalue weighted by molar-refractivity contribution is 6.23. The number of ether oxygens (including phenoxy) is 1. The van der Waals surface area contributed by atoms with Crippen molar-refractivity contribution in [2.75, 3.05) is 6.54 Å². The lowest BCUT2D eigenvalue weighted by atomic mass is 10.1. The summed E-state index contributed by atoms with van der Waals surface area (Å²) in [6.07, 6.45) is -0.308. The van der Waals surface area contributed by atoms with Gasteiger partial charge in [-0.3, -0.25) is 29.4 Å². The minimum absolute atomic E-state index is 0.0738. The summed E-state index contributed by atoms with van der Waals surface area (Å²) in [6.45, 7) is 1.36. The molecule has 1 aromatic heterocycles. The summed E-state index contributed by atoms with van der Waals surface area (Å²) in [5.74, 6) is -2.24. The summed E-state index contributed by atoms with van der Waals surface area (Å²) in [4.78, 5) is 60.2. The molecule has 4 rings (SSSR count). The van der Waals surface area contributed by atoms with Crippen molar-refractivity contribution in [1.29, 1.82) is 0 Å². The van der Waals surface area contributed by atoms with Gasteiger partial charge in [0.15, 0.2) is 0 Å². The molecule has 0 aliphatic carbocycles. The molecule has 2 amide bonds. The zero-order valence-corrected chi connectivity index (χ0v) is 16.8. The molecule has 10 nitrogen and oxygen atoms in total. The van der Waals surface area contributed by atoms with E-state index in [2.05, 4.69) is 0 Å². The number of amides is 2. The third kappa shape index (κ3) is 3.73. The Hall–Kier alpha value is -4.34. The van der Waals surface area contributed by atoms with Gasteiger partial charge in [0.2, 0.25) is 0 Å². The lowest BCUT2D eigenvalue weighted by Crippen LogP contribution is -2.32. The van der Waals surface area contributed by atoms with Gasteiger partial charge >= 0.3 is 11.6 Å². The topological polar surface area (TPSA) is 137 Å². The van der Waals surface area contributed by atoms with Crippen LogP contribution in [0.3, 0.4) is 0 Å². The van der Waals surface area contributed by atoms with Gasteiger partial charge in [-0.1, -0.05) is 18.2 Å². The Morgan fingerprint density at radius 2 is 1.91 bits per heavy atom. The standard InChI is InChI=1S/C22H16N2O8/c1-12-5-6-14-13(10-19(26)32-17(14)9-12)11-31-18(25)7-8-23-21(27)15-3-2-4-16(24(29)30)20(15)22(23)28/h2-6,9-10H,7-8,11H2,1H3. The molecule has 1 aliphatic rings. The summed E-state index contributed by atoms with van der Waals surface area (Å²) in [7, 11) is 0. The minimum Gasteiger partial charge on any atom is -0.461 e. The molecule has 162 valence electrons. The largest absolute Gasteiger partial charge is 0.461 e. The van der Waals surface area contributed by atoms with E-state index in [9.17, 15) is 29.3 Å². The third-order valence-corrected chi connectivity index (χ3v) is 5.09. The molecule has 1 aliphatic heterocycles. The SMILES string of the molecule is Cc1ccc2c(COC(=O)CCN3C(=O)c4cccc([N+](=O)[O-])c4C3=O)cc(=O)oc2c1. The Morgan fingerprint density at radius 3 is 2.66 bits per heavy atom. The van der Waals surface area contributed by atoms with Crippen LogP contribution in [0.15, 0.2) is 51.7 Å². The molecule has 2 heterocycles. The average Bonchev–Trinajstić information content (AvgIpc) is 2.99. The Balaban J connectivity index is 1.43. The van der Waals surface area contributed by atoms with Gasteiger partial charge in [0.1, 0.15) is 17.8 Å². The summed E-state index contributed by atoms with van der Waals surface area (Å²) >= 11 is 0. The molecule has 0 bridgehead atoms. The van der Waals surface area contributed by atoms with Crippen molar-refractivity contribution in [2.24, 2.45) is 0 Å². The molecular weight excluding hydrogens is 420 g/mol. The highest BCUT2D eigenvalue weighted by Crippen LogP contribution is 2.30. The number of fused-ring (bicyclic) bond motifs is 2. The van der Waals surface area contributed by atoms with Crippen molar-refractivity contribution in [2.45, 2.75) is 20.0 Å². The maximum Gasteiger partial charge on any atom is 0.336 e. The second-order valence-electron chi connectivity index (χ2n) is 7.22. The summed E-state index contributed by atoms with van der Waals surface area (Å²) in [5.41, 5.74) is 0.329. The van der Waals surface area contributed by atoms with Crippen LogP contribution in [-0.4, -0.2) is 34.2 Å². The molecule has 10 heteroatoms. The summed E-state index contributed by atoms with van der Waals surface area (Å²) < 4.78 is 10.4. The first kappa shape index (κ1) is 20.9. The zero-order valence-electron chi connectivity index (χ0n) is 16.8. The number of esters is 1. The maximum atomic E-state index is 12.5. The van der Waals surface area contributed by atoms with Crippen molar-refractivity contribution < 1.29 is 28.5 Å². The lowest BCUT2D eigenvalue weighted by molar-refractivity contribution is -0.385. The van der Waals surface area contributed by atoms with Gasteiger partial charge in [0, 0.05) is 29.6 Å². The normalized spacial score (nSPS) is 12.8. The van der Waals surface area contributed by atoms with Gasteiger partial charge < -0.3 is 9.15 Å². The van der Waals surface area contributed by atoms with Gasteiger partial charge in [0.25, 0.3) is 17.5 Å². The van der Waals surface area contributed by atoms with Crippen molar-refractivity contribution in [1.82, 2.24) is 4.90 Å². The van der Waals surface area contributed by atoms with Crippen LogP contribution in [0.5, 0.6) is 0 Å². The van der Waals surface area contributed by atoms with Crippen LogP contribution in [0, 0.1) is 17.0 Å². The number of benzene rings is 2. The van der Waals surface area contributed by atoms with Crippen molar-refractivity contribution in [3.8, 4) is 0 Å². The number of nitrogens with zero attached hydrogens (tertiary/aromatic N) is 2. The van der Waals surface area contributed by atoms with Gasteiger partial charge in [-0.25, -0.2) is 4.79 Å². The lowest BCUT2D eigenvalue weighted by Gasteiger charge is -2.13. The molecule has 0 saturated heterocycles. The van der Waals surface area contributed by atoms with Crippen LogP contribution in [0.25, 0.3) is 11.0 Å². The number of hydrogen-bond donors (Lipinski definition) is 0. The second-order valence-corrected chi connectivity index (χ2v) is 7.22. The van der Waals surface area contributed by atoms with Gasteiger partial charge in [-0.15, -0.1) is 0 Å². The first-order chi connectivity index (χ1) is 15.3. The van der Waals surface area contributed by atoms with Gasteiger partial charge in [-0.2, -0.15) is 0 Å². The number of nitro benzene ring substituents is 1. The summed E-state index contributed by atoms with van der Waals surface area (Å²) in [5, 5.41) is 11.8. The van der Waals surface area contributed by atoms with Crippen LogP contribution in [0.4, 0.5) is 5.69 Å². The Bertz CT molecular complexity index is 1360. The quantitative estimate of drug-likeness (QED) is 0.189. The minimum atomic E-state index is -0.827. The first-order valence-electron chi connectivity index (χ1n) is 9.59. The van der Waals surface area contributed by atoms with Crippen LogP contribution in [-0.2, 0) is 16.1 Å². The smallest absolute Gasteiger partial charge is 0.336 e. The average molecular weight is 436 g/mol. The Kier molecular flexibility index (Phi) is 5.27. The molecule has 0 radical (unpaired) electrons. The number of imide groups is 1. The number of hydrogen-bond acceptors (Lipinski definition) is 8. The Morgan fingerprint density at radius 1 is 1.12 bits per heavy atom. The van der Waals surface area contributed by atoms with Gasteiger partial charge in [-0.05, 0) is 24.6 Å². The number of carbonyl (C=O) groups is 3. The molecule has 3 aromatic rings. The monoisotopic (exact) mass is 436 g/mol. The predicted octanol–water partition coefficient (Wildman–Crippen LogP) is 2.74. The number of aryl methyl sites for hydroxylation is 1.